The lowest BCUT2D eigenvalue weighted by Crippen LogP contribution is -2.38. The number of aryl methyl sites for hydroxylation is 2. The highest BCUT2D eigenvalue weighted by molar-refractivity contribution is 7.92. The lowest BCUT2D eigenvalue weighted by Gasteiger charge is -2.30. The Labute approximate surface area is 200 Å². The highest BCUT2D eigenvalue weighted by Gasteiger charge is 2.29. The van der Waals surface area contributed by atoms with E-state index in [2.05, 4.69) is 12.1 Å². The molecule has 5 rings (SSSR count). The third-order valence-electron chi connectivity index (χ3n) is 6.64. The fraction of sp³-hybridized carbons (Fsp3) is 0.296. The minimum absolute atomic E-state index is 0.0736. The maximum absolute atomic E-state index is 13.4. The summed E-state index contributed by atoms with van der Waals surface area (Å²) in [5, 5.41) is 0. The van der Waals surface area contributed by atoms with Crippen molar-refractivity contribution >= 4 is 21.6 Å². The van der Waals surface area contributed by atoms with Gasteiger partial charge in [0, 0.05) is 19.6 Å². The Bertz CT molecular complexity index is 1340. The maximum atomic E-state index is 13.4. The van der Waals surface area contributed by atoms with Gasteiger partial charge in [-0.1, -0.05) is 42.5 Å². The zero-order valence-electron chi connectivity index (χ0n) is 19.2. The minimum atomic E-state index is -3.69. The average Bonchev–Trinajstić information content (AvgIpc) is 2.87. The number of nitrogens with zero attached hydrogens (tertiary/aromatic N) is 2. The molecule has 0 saturated heterocycles. The summed E-state index contributed by atoms with van der Waals surface area (Å²) in [6, 6.07) is 20.7. The van der Waals surface area contributed by atoms with Crippen LogP contribution in [0.4, 0.5) is 5.69 Å². The second-order valence-corrected chi connectivity index (χ2v) is 10.7. The molecule has 0 bridgehead atoms. The third kappa shape index (κ3) is 4.28. The summed E-state index contributed by atoms with van der Waals surface area (Å²) in [5.74, 6) is 0.444. The van der Waals surface area contributed by atoms with Crippen LogP contribution in [0.5, 0.6) is 5.75 Å². The van der Waals surface area contributed by atoms with E-state index in [1.807, 2.05) is 41.3 Å². The number of hydrogen-bond donors (Lipinski definition) is 0. The molecular weight excluding hydrogens is 448 g/mol. The summed E-state index contributed by atoms with van der Waals surface area (Å²) in [7, 11) is -3.69. The zero-order chi connectivity index (χ0) is 23.7. The van der Waals surface area contributed by atoms with Gasteiger partial charge >= 0.3 is 0 Å². The van der Waals surface area contributed by atoms with Gasteiger partial charge in [-0.3, -0.25) is 9.10 Å². The highest BCUT2D eigenvalue weighted by Crippen LogP contribution is 2.33. The van der Waals surface area contributed by atoms with E-state index < -0.39 is 10.0 Å². The number of sulfonamides is 1. The number of carbonyl (C=O) groups is 1. The van der Waals surface area contributed by atoms with Gasteiger partial charge in [0.1, 0.15) is 5.75 Å². The summed E-state index contributed by atoms with van der Waals surface area (Å²) in [6.45, 7) is 3.46. The number of rotatable bonds is 5. The van der Waals surface area contributed by atoms with Gasteiger partial charge in [-0.15, -0.1) is 0 Å². The van der Waals surface area contributed by atoms with Gasteiger partial charge in [-0.05, 0) is 72.7 Å². The van der Waals surface area contributed by atoms with Crippen molar-refractivity contribution in [3.05, 3.63) is 89.0 Å². The van der Waals surface area contributed by atoms with Gasteiger partial charge in [0.25, 0.3) is 15.9 Å². The summed E-state index contributed by atoms with van der Waals surface area (Å²) >= 11 is 0. The first-order valence-corrected chi connectivity index (χ1v) is 13.1. The van der Waals surface area contributed by atoms with Crippen LogP contribution >= 0.6 is 0 Å². The van der Waals surface area contributed by atoms with E-state index in [0.29, 0.717) is 30.9 Å². The van der Waals surface area contributed by atoms with Gasteiger partial charge in [-0.2, -0.15) is 0 Å². The molecule has 0 radical (unpaired) electrons. The molecule has 0 spiro atoms. The fourth-order valence-electron chi connectivity index (χ4n) is 4.76. The van der Waals surface area contributed by atoms with Crippen LogP contribution in [-0.4, -0.2) is 38.9 Å². The fourth-order valence-corrected chi connectivity index (χ4v) is 6.39. The minimum Gasteiger partial charge on any atom is -0.483 e. The lowest BCUT2D eigenvalue weighted by atomic mass is 10.00. The first kappa shape index (κ1) is 22.5. The highest BCUT2D eigenvalue weighted by atomic mass is 32.2. The topological polar surface area (TPSA) is 66.9 Å². The molecule has 34 heavy (non-hydrogen) atoms. The second-order valence-electron chi connectivity index (χ2n) is 8.86. The molecule has 2 heterocycles. The molecule has 0 fully saturated rings. The molecule has 7 heteroatoms. The molecule has 0 saturated carbocycles. The Kier molecular flexibility index (Phi) is 6.04. The van der Waals surface area contributed by atoms with E-state index in [-0.39, 0.29) is 17.4 Å². The Morgan fingerprint density at radius 2 is 1.65 bits per heavy atom. The quantitative estimate of drug-likeness (QED) is 0.556. The Hall–Kier alpha value is -3.32. The smallest absolute Gasteiger partial charge is 0.264 e. The number of ether oxygens (including phenoxy) is 1. The standard InChI is InChI=1S/C27H28N2O4S/c1-20-17-24(34(31,32)29-15-6-10-22-8-4-5-11-25(22)29)12-13-26(20)33-19-27(30)28-16-14-21-7-2-3-9-23(21)18-28/h2-5,7-9,11-13,17H,6,10,14-16,18-19H2,1H3. The molecule has 1 amide bonds. The molecule has 0 N–H and O–H groups in total. The summed E-state index contributed by atoms with van der Waals surface area (Å²) in [5.41, 5.74) is 4.94. The predicted octanol–water partition coefficient (Wildman–Crippen LogP) is 4.10. The van der Waals surface area contributed by atoms with Crippen LogP contribution in [0.15, 0.2) is 71.6 Å². The molecule has 0 aliphatic carbocycles. The molecule has 0 unspecified atom stereocenters. The number of carbonyl (C=O) groups excluding carboxylic acids is 1. The summed E-state index contributed by atoms with van der Waals surface area (Å²) in [6.07, 6.45) is 2.51. The van der Waals surface area contributed by atoms with Crippen molar-refractivity contribution in [2.24, 2.45) is 0 Å². The van der Waals surface area contributed by atoms with Crippen molar-refractivity contribution < 1.29 is 17.9 Å². The van der Waals surface area contributed by atoms with Crippen LogP contribution in [0.3, 0.4) is 0 Å². The van der Waals surface area contributed by atoms with Gasteiger partial charge in [0.15, 0.2) is 6.61 Å². The summed E-state index contributed by atoms with van der Waals surface area (Å²) < 4.78 is 34.1. The third-order valence-corrected chi connectivity index (χ3v) is 8.45. The predicted molar refractivity (Wildman–Crippen MR) is 132 cm³/mol. The Morgan fingerprint density at radius 1 is 0.912 bits per heavy atom. The van der Waals surface area contributed by atoms with E-state index in [1.54, 1.807) is 25.1 Å². The van der Waals surface area contributed by atoms with Crippen LogP contribution in [0.1, 0.15) is 28.7 Å². The van der Waals surface area contributed by atoms with E-state index >= 15 is 0 Å². The van der Waals surface area contributed by atoms with E-state index in [0.717, 1.165) is 30.5 Å². The second kappa shape index (κ2) is 9.14. The number of benzene rings is 3. The van der Waals surface area contributed by atoms with Gasteiger partial charge in [-0.25, -0.2) is 8.42 Å². The molecule has 0 aromatic heterocycles. The Morgan fingerprint density at radius 3 is 2.44 bits per heavy atom. The largest absolute Gasteiger partial charge is 0.483 e. The molecule has 2 aliphatic rings. The molecule has 3 aromatic rings. The van der Waals surface area contributed by atoms with Gasteiger partial charge < -0.3 is 9.64 Å². The number of hydrogen-bond acceptors (Lipinski definition) is 4. The van der Waals surface area contributed by atoms with Crippen molar-refractivity contribution in [1.29, 1.82) is 0 Å². The van der Waals surface area contributed by atoms with Crippen molar-refractivity contribution in [2.45, 2.75) is 37.6 Å². The van der Waals surface area contributed by atoms with Crippen LogP contribution in [0, 0.1) is 6.92 Å². The van der Waals surface area contributed by atoms with Crippen molar-refractivity contribution in [3.8, 4) is 5.75 Å². The first-order chi connectivity index (χ1) is 16.4. The van der Waals surface area contributed by atoms with E-state index in [1.165, 1.54) is 15.4 Å². The molecule has 176 valence electrons. The maximum Gasteiger partial charge on any atom is 0.264 e. The SMILES string of the molecule is Cc1cc(S(=O)(=O)N2CCCc3ccccc32)ccc1OCC(=O)N1CCc2ccccc2C1. The molecular formula is C27H28N2O4S. The normalized spacial score (nSPS) is 15.4. The van der Waals surface area contributed by atoms with Crippen molar-refractivity contribution in [2.75, 3.05) is 24.0 Å². The van der Waals surface area contributed by atoms with E-state index in [9.17, 15) is 13.2 Å². The van der Waals surface area contributed by atoms with E-state index in [4.69, 9.17) is 4.74 Å². The monoisotopic (exact) mass is 476 g/mol. The van der Waals surface area contributed by atoms with Crippen LogP contribution in [0.25, 0.3) is 0 Å². The summed E-state index contributed by atoms with van der Waals surface area (Å²) in [4.78, 5) is 14.8. The molecule has 6 nitrogen and oxygen atoms in total. The number of amides is 1. The van der Waals surface area contributed by atoms with Crippen LogP contribution < -0.4 is 9.04 Å². The van der Waals surface area contributed by atoms with Crippen molar-refractivity contribution in [1.82, 2.24) is 4.90 Å². The van der Waals surface area contributed by atoms with Crippen molar-refractivity contribution in [3.63, 3.8) is 0 Å². The molecule has 2 aliphatic heterocycles. The Balaban J connectivity index is 1.28. The van der Waals surface area contributed by atoms with Crippen LogP contribution in [0.2, 0.25) is 0 Å². The molecule has 0 atom stereocenters. The first-order valence-electron chi connectivity index (χ1n) is 11.6. The zero-order valence-corrected chi connectivity index (χ0v) is 20.1. The van der Waals surface area contributed by atoms with Gasteiger partial charge in [0.2, 0.25) is 0 Å². The number of fused-ring (bicyclic) bond motifs is 2. The lowest BCUT2D eigenvalue weighted by molar-refractivity contribution is -0.134. The van der Waals surface area contributed by atoms with Gasteiger partial charge in [0.05, 0.1) is 10.6 Å². The average molecular weight is 477 g/mol. The number of para-hydroxylation sites is 1. The number of anilines is 1. The molecule has 3 aromatic carbocycles. The van der Waals surface area contributed by atoms with Crippen LogP contribution in [-0.2, 0) is 34.2 Å².